The van der Waals surface area contributed by atoms with E-state index < -0.39 is 5.97 Å². The number of anilines is 2. The number of aliphatic carboxylic acids is 1. The Bertz CT molecular complexity index is 1430. The summed E-state index contributed by atoms with van der Waals surface area (Å²) >= 11 is 1.53. The van der Waals surface area contributed by atoms with Gasteiger partial charge in [0.2, 0.25) is 0 Å². The third-order valence-electron chi connectivity index (χ3n) is 7.33. The highest BCUT2D eigenvalue weighted by molar-refractivity contribution is 7.14. The van der Waals surface area contributed by atoms with Crippen LogP contribution in [0.25, 0.3) is 11.3 Å². The zero-order chi connectivity index (χ0) is 27.9. The summed E-state index contributed by atoms with van der Waals surface area (Å²) in [5, 5.41) is 14.2. The Kier molecular flexibility index (Phi) is 8.86. The first-order valence-corrected chi connectivity index (χ1v) is 14.5. The summed E-state index contributed by atoms with van der Waals surface area (Å²) in [6, 6.07) is 22.5. The molecular weight excluding hydrogens is 525 g/mol. The van der Waals surface area contributed by atoms with E-state index in [1.807, 2.05) is 17.5 Å². The number of halogens is 1. The molecule has 5 rings (SSSR count). The second kappa shape index (κ2) is 12.9. The quantitative estimate of drug-likeness (QED) is 0.211. The Morgan fingerprint density at radius 1 is 0.950 bits per heavy atom. The van der Waals surface area contributed by atoms with Crippen molar-refractivity contribution in [3.8, 4) is 11.3 Å². The van der Waals surface area contributed by atoms with Gasteiger partial charge in [-0.15, -0.1) is 11.3 Å². The number of carbonyl (C=O) groups is 2. The van der Waals surface area contributed by atoms with Crippen molar-refractivity contribution in [1.29, 1.82) is 0 Å². The van der Waals surface area contributed by atoms with Gasteiger partial charge in [0.1, 0.15) is 5.82 Å². The Balaban J connectivity index is 1.38. The number of amides is 1. The zero-order valence-corrected chi connectivity index (χ0v) is 23.0. The molecule has 0 aliphatic heterocycles. The fourth-order valence-electron chi connectivity index (χ4n) is 5.10. The van der Waals surface area contributed by atoms with Crippen LogP contribution >= 0.6 is 11.3 Å². The molecule has 3 aromatic carbocycles. The smallest absolute Gasteiger partial charge is 0.305 e. The molecule has 206 valence electrons. The number of hydrogen-bond donors (Lipinski definition) is 2. The van der Waals surface area contributed by atoms with E-state index in [9.17, 15) is 14.0 Å². The van der Waals surface area contributed by atoms with Crippen molar-refractivity contribution in [3.63, 3.8) is 0 Å². The van der Waals surface area contributed by atoms with Crippen LogP contribution in [0.5, 0.6) is 0 Å². The second-order valence-electron chi connectivity index (χ2n) is 10.1. The van der Waals surface area contributed by atoms with Gasteiger partial charge in [0.15, 0.2) is 5.13 Å². The lowest BCUT2D eigenvalue weighted by molar-refractivity contribution is -0.136. The number of nitrogens with zero attached hydrogens (tertiary/aromatic N) is 2. The maximum Gasteiger partial charge on any atom is 0.305 e. The number of thiazole rings is 1. The summed E-state index contributed by atoms with van der Waals surface area (Å²) in [5.74, 6) is -0.910. The van der Waals surface area contributed by atoms with E-state index in [-0.39, 0.29) is 24.7 Å². The molecule has 6 nitrogen and oxygen atoms in total. The normalized spacial score (nSPS) is 13.6. The van der Waals surface area contributed by atoms with E-state index in [0.717, 1.165) is 27.6 Å². The average Bonchev–Trinajstić information content (AvgIpc) is 3.47. The van der Waals surface area contributed by atoms with Crippen LogP contribution in [0.15, 0.2) is 78.2 Å². The van der Waals surface area contributed by atoms with Gasteiger partial charge in [-0.2, -0.15) is 0 Å². The molecular formula is C32H32FN3O3S. The predicted molar refractivity (Wildman–Crippen MR) is 157 cm³/mol. The van der Waals surface area contributed by atoms with Crippen molar-refractivity contribution in [1.82, 2.24) is 10.3 Å². The number of aromatic nitrogens is 1. The highest BCUT2D eigenvalue weighted by atomic mass is 32.1. The molecule has 0 saturated heterocycles. The van der Waals surface area contributed by atoms with Crippen molar-refractivity contribution in [3.05, 3.63) is 101 Å². The molecule has 8 heteroatoms. The van der Waals surface area contributed by atoms with Gasteiger partial charge in [-0.1, -0.05) is 43.5 Å². The third-order valence-corrected chi connectivity index (χ3v) is 8.19. The minimum Gasteiger partial charge on any atom is -0.481 e. The van der Waals surface area contributed by atoms with E-state index in [1.165, 1.54) is 61.1 Å². The van der Waals surface area contributed by atoms with Crippen molar-refractivity contribution in [2.75, 3.05) is 11.4 Å². The van der Waals surface area contributed by atoms with Crippen molar-refractivity contribution >= 4 is 34.0 Å². The third kappa shape index (κ3) is 6.93. The van der Waals surface area contributed by atoms with Crippen LogP contribution in [-0.4, -0.2) is 28.5 Å². The number of benzene rings is 3. The van der Waals surface area contributed by atoms with E-state index in [0.29, 0.717) is 18.0 Å². The van der Waals surface area contributed by atoms with E-state index in [1.54, 1.807) is 24.3 Å². The largest absolute Gasteiger partial charge is 0.481 e. The molecule has 0 atom stereocenters. The first-order chi connectivity index (χ1) is 19.5. The molecule has 0 radical (unpaired) electrons. The molecule has 1 fully saturated rings. The molecule has 1 saturated carbocycles. The van der Waals surface area contributed by atoms with E-state index in [4.69, 9.17) is 10.1 Å². The maximum absolute atomic E-state index is 13.5. The first kappa shape index (κ1) is 27.5. The van der Waals surface area contributed by atoms with Crippen LogP contribution in [0.3, 0.4) is 0 Å². The molecule has 0 bridgehead atoms. The Morgan fingerprint density at radius 2 is 1.65 bits per heavy atom. The molecule has 2 N–H and O–H groups in total. The summed E-state index contributed by atoms with van der Waals surface area (Å²) in [4.78, 5) is 30.2. The lowest BCUT2D eigenvalue weighted by Gasteiger charge is -2.25. The van der Waals surface area contributed by atoms with Crippen molar-refractivity contribution in [2.45, 2.75) is 51.0 Å². The highest BCUT2D eigenvalue weighted by Crippen LogP contribution is 2.36. The molecule has 1 aliphatic carbocycles. The predicted octanol–water partition coefficient (Wildman–Crippen LogP) is 7.54. The zero-order valence-electron chi connectivity index (χ0n) is 22.2. The van der Waals surface area contributed by atoms with Crippen molar-refractivity contribution < 1.29 is 19.1 Å². The van der Waals surface area contributed by atoms with Gasteiger partial charge in [0.25, 0.3) is 5.91 Å². The van der Waals surface area contributed by atoms with Crippen LogP contribution in [0.2, 0.25) is 0 Å². The molecule has 1 aliphatic rings. The molecule has 0 unspecified atom stereocenters. The fourth-order valence-corrected chi connectivity index (χ4v) is 5.96. The second-order valence-corrected chi connectivity index (χ2v) is 11.0. The summed E-state index contributed by atoms with van der Waals surface area (Å²) in [7, 11) is 0. The molecule has 40 heavy (non-hydrogen) atoms. The number of rotatable bonds is 10. The molecule has 1 amide bonds. The van der Waals surface area contributed by atoms with Crippen LogP contribution in [0.1, 0.15) is 65.9 Å². The van der Waals surface area contributed by atoms with Gasteiger partial charge in [-0.25, -0.2) is 9.37 Å². The summed E-state index contributed by atoms with van der Waals surface area (Å²) in [6.45, 7) is 0.626. The maximum atomic E-state index is 13.5. The first-order valence-electron chi connectivity index (χ1n) is 13.6. The summed E-state index contributed by atoms with van der Waals surface area (Å²) in [6.07, 6.45) is 6.27. The van der Waals surface area contributed by atoms with Crippen LogP contribution < -0.4 is 10.2 Å². The van der Waals surface area contributed by atoms with Crippen LogP contribution in [0.4, 0.5) is 15.2 Å². The molecule has 1 heterocycles. The number of carboxylic acid groups (broad SMARTS) is 1. The summed E-state index contributed by atoms with van der Waals surface area (Å²) < 4.78 is 13.5. The van der Waals surface area contributed by atoms with Gasteiger partial charge in [0.05, 0.1) is 18.7 Å². The standard InChI is InChI=1S/C32H32FN3O3S/c33-27-14-10-25(11-15-27)29-21-40-32(35-29)36(28-16-12-24(13-17-28)23-4-2-1-3-5-23)20-22-6-8-26(9-7-22)31(39)34-19-18-30(37)38/h6-17,21,23H,1-5,18-20H2,(H,34,39)(H,37,38). The average molecular weight is 558 g/mol. The van der Waals surface area contributed by atoms with Gasteiger partial charge < -0.3 is 15.3 Å². The van der Waals surface area contributed by atoms with E-state index >= 15 is 0 Å². The fraction of sp³-hybridized carbons (Fsp3) is 0.281. The SMILES string of the molecule is O=C(O)CCNC(=O)c1ccc(CN(c2ccc(C3CCCCC3)cc2)c2nc(-c3ccc(F)cc3)cs2)cc1. The minimum absolute atomic E-state index is 0.0843. The molecule has 4 aromatic rings. The lowest BCUT2D eigenvalue weighted by Crippen LogP contribution is -2.26. The number of hydrogen-bond acceptors (Lipinski definition) is 5. The summed E-state index contributed by atoms with van der Waals surface area (Å²) in [5.41, 5.74) is 5.53. The number of nitrogens with one attached hydrogen (secondary N) is 1. The van der Waals surface area contributed by atoms with Crippen LogP contribution in [0, 0.1) is 5.82 Å². The van der Waals surface area contributed by atoms with E-state index in [2.05, 4.69) is 34.5 Å². The molecule has 1 aromatic heterocycles. The highest BCUT2D eigenvalue weighted by Gasteiger charge is 2.19. The number of carboxylic acids is 1. The lowest BCUT2D eigenvalue weighted by atomic mass is 9.84. The van der Waals surface area contributed by atoms with Gasteiger partial charge in [-0.3, -0.25) is 9.59 Å². The van der Waals surface area contributed by atoms with Crippen LogP contribution in [-0.2, 0) is 11.3 Å². The topological polar surface area (TPSA) is 82.5 Å². The monoisotopic (exact) mass is 557 g/mol. The van der Waals surface area contributed by atoms with Gasteiger partial charge in [-0.05, 0) is 78.4 Å². The number of carbonyl (C=O) groups excluding carboxylic acids is 1. The molecule has 0 spiro atoms. The Hall–Kier alpha value is -4.04. The van der Waals surface area contributed by atoms with Gasteiger partial charge in [0, 0.05) is 28.7 Å². The minimum atomic E-state index is -0.952. The Labute approximate surface area is 237 Å². The van der Waals surface area contributed by atoms with Gasteiger partial charge >= 0.3 is 5.97 Å². The van der Waals surface area contributed by atoms with Crippen molar-refractivity contribution in [2.24, 2.45) is 0 Å². The Morgan fingerprint density at radius 3 is 2.33 bits per heavy atom.